The topological polar surface area (TPSA) is 30.5 Å². The van der Waals surface area contributed by atoms with Gasteiger partial charge in [0.15, 0.2) is 11.5 Å². The number of halogens is 1. The van der Waals surface area contributed by atoms with Gasteiger partial charge < -0.3 is 14.8 Å². The molecule has 1 aromatic rings. The van der Waals surface area contributed by atoms with Crippen molar-refractivity contribution in [3.8, 4) is 11.5 Å². The highest BCUT2D eigenvalue weighted by molar-refractivity contribution is 6.18. The molecule has 0 aromatic heterocycles. The zero-order valence-electron chi connectivity index (χ0n) is 10.6. The Morgan fingerprint density at radius 1 is 1.24 bits per heavy atom. The van der Waals surface area contributed by atoms with Crippen molar-refractivity contribution in [2.75, 3.05) is 20.1 Å². The molecule has 1 N–H and O–H groups in total. The molecule has 0 fully saturated rings. The van der Waals surface area contributed by atoms with Crippen molar-refractivity contribution in [3.05, 3.63) is 23.8 Å². The molecular formula is C13H20ClNO2. The lowest BCUT2D eigenvalue weighted by molar-refractivity contribution is 0.354. The number of alkyl halides is 1. The van der Waals surface area contributed by atoms with Crippen LogP contribution in [-0.2, 0) is 6.54 Å². The normalized spacial score (nSPS) is 12.2. The van der Waals surface area contributed by atoms with Crippen LogP contribution >= 0.6 is 11.6 Å². The molecule has 0 amide bonds. The van der Waals surface area contributed by atoms with Gasteiger partial charge in [-0.3, -0.25) is 0 Å². The monoisotopic (exact) mass is 257 g/mol. The summed E-state index contributed by atoms with van der Waals surface area (Å²) in [5.74, 6) is 2.13. The van der Waals surface area contributed by atoms with Crippen molar-refractivity contribution in [3.63, 3.8) is 0 Å². The van der Waals surface area contributed by atoms with Crippen molar-refractivity contribution in [1.82, 2.24) is 5.32 Å². The first kappa shape index (κ1) is 14.1. The van der Waals surface area contributed by atoms with E-state index in [0.717, 1.165) is 30.0 Å². The average Bonchev–Trinajstić information content (AvgIpc) is 2.39. The van der Waals surface area contributed by atoms with Gasteiger partial charge in [0, 0.05) is 18.5 Å². The summed E-state index contributed by atoms with van der Waals surface area (Å²) in [5, 5.41) is 3.40. The third-order valence-electron chi connectivity index (χ3n) is 2.72. The largest absolute Gasteiger partial charge is 0.493 e. The van der Waals surface area contributed by atoms with Crippen LogP contribution in [0.5, 0.6) is 11.5 Å². The average molecular weight is 258 g/mol. The fraction of sp³-hybridized carbons (Fsp3) is 0.538. The van der Waals surface area contributed by atoms with E-state index in [4.69, 9.17) is 21.1 Å². The van der Waals surface area contributed by atoms with E-state index < -0.39 is 0 Å². The van der Waals surface area contributed by atoms with Crippen molar-refractivity contribution < 1.29 is 9.47 Å². The van der Waals surface area contributed by atoms with Gasteiger partial charge >= 0.3 is 0 Å². The molecule has 3 nitrogen and oxygen atoms in total. The fourth-order valence-electron chi connectivity index (χ4n) is 1.56. The molecule has 1 aromatic carbocycles. The fourth-order valence-corrected chi connectivity index (χ4v) is 1.89. The summed E-state index contributed by atoms with van der Waals surface area (Å²) in [6.45, 7) is 2.90. The SMILES string of the molecule is CCC(CCl)NCc1ccc(OC)c(OC)c1. The van der Waals surface area contributed by atoms with E-state index in [1.807, 2.05) is 18.2 Å². The van der Waals surface area contributed by atoms with Gasteiger partial charge in [0.25, 0.3) is 0 Å². The zero-order valence-corrected chi connectivity index (χ0v) is 11.4. The van der Waals surface area contributed by atoms with Gasteiger partial charge in [-0.25, -0.2) is 0 Å². The summed E-state index contributed by atoms with van der Waals surface area (Å²) in [7, 11) is 3.28. The van der Waals surface area contributed by atoms with Crippen LogP contribution in [0, 0.1) is 0 Å². The van der Waals surface area contributed by atoms with Crippen LogP contribution in [0.1, 0.15) is 18.9 Å². The predicted octanol–water partition coefficient (Wildman–Crippen LogP) is 2.81. The van der Waals surface area contributed by atoms with Gasteiger partial charge in [-0.2, -0.15) is 0 Å². The minimum atomic E-state index is 0.352. The standard InChI is InChI=1S/C13H20ClNO2/c1-4-11(8-14)15-9-10-5-6-12(16-2)13(7-10)17-3/h5-7,11,15H,4,8-9H2,1-3H3. The number of ether oxygens (including phenoxy) is 2. The maximum Gasteiger partial charge on any atom is 0.161 e. The Morgan fingerprint density at radius 2 is 1.94 bits per heavy atom. The summed E-state index contributed by atoms with van der Waals surface area (Å²) in [6, 6.07) is 6.27. The number of hydrogen-bond donors (Lipinski definition) is 1. The molecule has 0 bridgehead atoms. The van der Waals surface area contributed by atoms with E-state index in [1.165, 1.54) is 0 Å². The Bertz CT molecular complexity index is 340. The summed E-state index contributed by atoms with van der Waals surface area (Å²) in [5.41, 5.74) is 1.16. The van der Waals surface area contributed by atoms with Gasteiger partial charge in [-0.05, 0) is 24.1 Å². The lowest BCUT2D eigenvalue weighted by atomic mass is 10.1. The molecule has 0 aliphatic rings. The minimum Gasteiger partial charge on any atom is -0.493 e. The predicted molar refractivity (Wildman–Crippen MR) is 71.2 cm³/mol. The number of rotatable bonds is 7. The molecule has 0 saturated heterocycles. The Balaban J connectivity index is 2.66. The second-order valence-electron chi connectivity index (χ2n) is 3.83. The number of methoxy groups -OCH3 is 2. The number of nitrogens with one attached hydrogen (secondary N) is 1. The van der Waals surface area contributed by atoms with E-state index in [-0.39, 0.29) is 0 Å². The molecule has 17 heavy (non-hydrogen) atoms. The van der Waals surface area contributed by atoms with E-state index >= 15 is 0 Å². The molecule has 0 aliphatic carbocycles. The van der Waals surface area contributed by atoms with Gasteiger partial charge in [0.1, 0.15) is 0 Å². The molecule has 0 spiro atoms. The van der Waals surface area contributed by atoms with Crippen molar-refractivity contribution in [2.24, 2.45) is 0 Å². The van der Waals surface area contributed by atoms with Crippen molar-refractivity contribution in [2.45, 2.75) is 25.9 Å². The lowest BCUT2D eigenvalue weighted by Gasteiger charge is -2.15. The third kappa shape index (κ3) is 4.10. The molecule has 4 heteroatoms. The Hall–Kier alpha value is -0.930. The molecule has 0 saturated carbocycles. The van der Waals surface area contributed by atoms with Crippen LogP contribution in [0.3, 0.4) is 0 Å². The molecule has 0 radical (unpaired) electrons. The Morgan fingerprint density at radius 3 is 2.47 bits per heavy atom. The molecule has 96 valence electrons. The number of hydrogen-bond acceptors (Lipinski definition) is 3. The summed E-state index contributed by atoms with van der Waals surface area (Å²) in [6.07, 6.45) is 1.02. The van der Waals surface area contributed by atoms with Crippen LogP contribution in [0.25, 0.3) is 0 Å². The highest BCUT2D eigenvalue weighted by atomic mass is 35.5. The first-order chi connectivity index (χ1) is 8.24. The quantitative estimate of drug-likeness (QED) is 0.762. The molecule has 0 aliphatic heterocycles. The van der Waals surface area contributed by atoms with E-state index in [9.17, 15) is 0 Å². The Kier molecular flexibility index (Phi) is 6.16. The second-order valence-corrected chi connectivity index (χ2v) is 4.14. The van der Waals surface area contributed by atoms with Crippen LogP contribution in [0.15, 0.2) is 18.2 Å². The van der Waals surface area contributed by atoms with E-state index in [0.29, 0.717) is 11.9 Å². The third-order valence-corrected chi connectivity index (χ3v) is 3.09. The van der Waals surface area contributed by atoms with Crippen LogP contribution in [0.2, 0.25) is 0 Å². The summed E-state index contributed by atoms with van der Waals surface area (Å²) >= 11 is 5.83. The molecule has 0 heterocycles. The van der Waals surface area contributed by atoms with Gasteiger partial charge in [-0.15, -0.1) is 11.6 Å². The van der Waals surface area contributed by atoms with Gasteiger partial charge in [0.05, 0.1) is 14.2 Å². The number of benzene rings is 1. The molecule has 1 atom stereocenters. The van der Waals surface area contributed by atoms with E-state index in [1.54, 1.807) is 14.2 Å². The smallest absolute Gasteiger partial charge is 0.161 e. The Labute approximate surface area is 108 Å². The first-order valence-corrected chi connectivity index (χ1v) is 6.28. The van der Waals surface area contributed by atoms with E-state index in [2.05, 4.69) is 12.2 Å². The highest BCUT2D eigenvalue weighted by Gasteiger charge is 2.06. The first-order valence-electron chi connectivity index (χ1n) is 5.75. The molecule has 1 unspecified atom stereocenters. The maximum absolute atomic E-state index is 5.83. The highest BCUT2D eigenvalue weighted by Crippen LogP contribution is 2.27. The second kappa shape index (κ2) is 7.41. The maximum atomic E-state index is 5.83. The van der Waals surface area contributed by atoms with Crippen LogP contribution in [0.4, 0.5) is 0 Å². The summed E-state index contributed by atoms with van der Waals surface area (Å²) < 4.78 is 10.5. The van der Waals surface area contributed by atoms with Crippen molar-refractivity contribution in [1.29, 1.82) is 0 Å². The van der Waals surface area contributed by atoms with Crippen LogP contribution < -0.4 is 14.8 Å². The molecule has 1 rings (SSSR count). The van der Waals surface area contributed by atoms with Gasteiger partial charge in [0.2, 0.25) is 0 Å². The zero-order chi connectivity index (χ0) is 12.7. The summed E-state index contributed by atoms with van der Waals surface area (Å²) in [4.78, 5) is 0. The van der Waals surface area contributed by atoms with Gasteiger partial charge in [-0.1, -0.05) is 13.0 Å². The minimum absolute atomic E-state index is 0.352. The van der Waals surface area contributed by atoms with Crippen molar-refractivity contribution >= 4 is 11.6 Å². The van der Waals surface area contributed by atoms with Crippen LogP contribution in [-0.4, -0.2) is 26.1 Å². The molecular weight excluding hydrogens is 238 g/mol. The lowest BCUT2D eigenvalue weighted by Crippen LogP contribution is -2.29.